The monoisotopic (exact) mass is 976 g/mol. The zero-order valence-electron chi connectivity index (χ0n) is 34.1. The third kappa shape index (κ3) is 16.9. The maximum absolute atomic E-state index is 12.6. The number of benzene rings is 2. The van der Waals surface area contributed by atoms with Gasteiger partial charge in [0, 0.05) is 50.8 Å². The topological polar surface area (TPSA) is 407 Å². The van der Waals surface area contributed by atoms with E-state index in [-0.39, 0.29) is 109 Å². The van der Waals surface area contributed by atoms with Crippen molar-refractivity contribution in [1.29, 1.82) is 0 Å². The van der Waals surface area contributed by atoms with Crippen LogP contribution in [0.4, 0.5) is 47.1 Å². The molecule has 2 heterocycles. The van der Waals surface area contributed by atoms with Gasteiger partial charge in [-0.2, -0.15) is 63.6 Å². The lowest BCUT2D eigenvalue weighted by molar-refractivity contribution is 0.229. The molecule has 12 N–H and O–H groups in total. The van der Waals surface area contributed by atoms with Gasteiger partial charge in [-0.1, -0.05) is 38.1 Å². The van der Waals surface area contributed by atoms with E-state index in [0.29, 0.717) is 12.8 Å². The minimum absolute atomic E-state index is 0.0194. The summed E-state index contributed by atoms with van der Waals surface area (Å²) in [6, 6.07) is 7.26. The number of rotatable bonds is 26. The fourth-order valence-electron chi connectivity index (χ4n) is 5.29. The smallest absolute Gasteiger partial charge is 0.295 e. The van der Waals surface area contributed by atoms with Crippen molar-refractivity contribution in [3.63, 3.8) is 0 Å². The van der Waals surface area contributed by atoms with Gasteiger partial charge in [0.15, 0.2) is 0 Å². The molecule has 0 aliphatic rings. The first-order valence-electron chi connectivity index (χ1n) is 19.0. The third-order valence-corrected chi connectivity index (χ3v) is 12.1. The molecule has 0 amide bonds. The van der Waals surface area contributed by atoms with Crippen molar-refractivity contribution in [3.8, 4) is 0 Å². The Hall–Kier alpha value is -5.44. The number of hydrogen-bond donors (Lipinski definition) is 12. The highest BCUT2D eigenvalue weighted by Gasteiger charge is 2.20. The van der Waals surface area contributed by atoms with E-state index in [4.69, 9.17) is 9.11 Å². The van der Waals surface area contributed by atoms with E-state index in [1.54, 1.807) is 0 Å². The molecule has 0 saturated heterocycles. The lowest BCUT2D eigenvalue weighted by Crippen LogP contribution is -2.20. The molecule has 0 bridgehead atoms. The van der Waals surface area contributed by atoms with Gasteiger partial charge in [-0.25, -0.2) is 0 Å². The van der Waals surface area contributed by atoms with Crippen molar-refractivity contribution < 1.29 is 62.1 Å². The average Bonchev–Trinajstić information content (AvgIpc) is 3.19. The van der Waals surface area contributed by atoms with Crippen LogP contribution in [0.1, 0.15) is 37.8 Å². The molecular formula is C34H48N12O14S4. The van der Waals surface area contributed by atoms with Gasteiger partial charge < -0.3 is 42.1 Å². The fraction of sp³-hybridized carbons (Fsp3) is 0.412. The molecule has 64 heavy (non-hydrogen) atoms. The molecule has 0 fully saturated rings. The van der Waals surface area contributed by atoms with Crippen molar-refractivity contribution in [2.45, 2.75) is 36.5 Å². The zero-order chi connectivity index (χ0) is 47.3. The maximum Gasteiger partial charge on any atom is 0.295 e. The number of nitrogens with one attached hydrogen (secondary N) is 6. The van der Waals surface area contributed by atoms with Crippen molar-refractivity contribution in [2.24, 2.45) is 11.8 Å². The highest BCUT2D eigenvalue weighted by molar-refractivity contribution is 7.86. The van der Waals surface area contributed by atoms with Crippen LogP contribution < -0.4 is 31.9 Å². The van der Waals surface area contributed by atoms with Crippen molar-refractivity contribution in [2.75, 3.05) is 82.8 Å². The first-order chi connectivity index (χ1) is 30.0. The van der Waals surface area contributed by atoms with Crippen LogP contribution in [-0.4, -0.2) is 143 Å². The van der Waals surface area contributed by atoms with Crippen LogP contribution >= 0.6 is 0 Å². The first kappa shape index (κ1) is 51.2. The van der Waals surface area contributed by atoms with Crippen molar-refractivity contribution >= 4 is 99.7 Å². The first-order valence-corrected chi connectivity index (χ1v) is 25.1. The Labute approximate surface area is 368 Å². The van der Waals surface area contributed by atoms with E-state index in [0.717, 1.165) is 24.3 Å². The molecule has 2 aromatic carbocycles. The van der Waals surface area contributed by atoms with E-state index in [9.17, 15) is 53.0 Å². The van der Waals surface area contributed by atoms with Gasteiger partial charge in [0.2, 0.25) is 35.7 Å². The standard InChI is InChI=1S/C34H48N12O14S4/c1-3-21(19-47)17-37-31-41-29(35-11-13-61(49,50)51)43-33(45-31)39-25-9-7-23(27(15-25)63(55,56)57)5-6-24-8-10-26(16-28(24)64(58,59)60)40-34-44-30(36-12-14-62(52,53)54)42-32(46-34)38-18-22(4-2)20-48/h5-10,15-16,21-22,47-48H,3-4,11-14,17-20H2,1-2H3,(H,49,50,51)(H,52,53,54)(H,55,56,57)(H,58,59,60)(H3,35,37,39,41,43,45)(H3,36,38,40,42,44,46). The second kappa shape index (κ2) is 22.5. The molecule has 352 valence electrons. The summed E-state index contributed by atoms with van der Waals surface area (Å²) in [6.07, 6.45) is 3.53. The molecule has 2 atom stereocenters. The van der Waals surface area contributed by atoms with E-state index in [1.807, 2.05) is 13.8 Å². The van der Waals surface area contributed by atoms with Crippen LogP contribution in [0.2, 0.25) is 0 Å². The molecule has 0 spiro atoms. The molecule has 0 saturated carbocycles. The van der Waals surface area contributed by atoms with Gasteiger partial charge in [0.1, 0.15) is 9.79 Å². The third-order valence-electron chi connectivity index (χ3n) is 8.86. The fourth-order valence-corrected chi connectivity index (χ4v) is 7.43. The van der Waals surface area contributed by atoms with E-state index in [1.165, 1.54) is 24.3 Å². The predicted octanol–water partition coefficient (Wildman–Crippen LogP) is 1.67. The Morgan fingerprint density at radius 3 is 1.14 bits per heavy atom. The highest BCUT2D eigenvalue weighted by atomic mass is 32.2. The second-order valence-corrected chi connectivity index (χ2v) is 19.7. The highest BCUT2D eigenvalue weighted by Crippen LogP contribution is 2.28. The molecule has 2 unspecified atom stereocenters. The van der Waals surface area contributed by atoms with Gasteiger partial charge in [-0.05, 0) is 60.1 Å². The summed E-state index contributed by atoms with van der Waals surface area (Å²) in [5, 5.41) is 35.8. The van der Waals surface area contributed by atoms with Crippen LogP contribution in [0.25, 0.3) is 12.2 Å². The molecular weight excluding hydrogens is 929 g/mol. The summed E-state index contributed by atoms with van der Waals surface area (Å²) in [5.41, 5.74) is -0.229. The Balaban J connectivity index is 1.65. The molecule has 0 aliphatic carbocycles. The summed E-state index contributed by atoms with van der Waals surface area (Å²) in [5.74, 6) is -2.38. The van der Waals surface area contributed by atoms with Crippen LogP contribution in [0, 0.1) is 11.8 Å². The molecule has 0 radical (unpaired) electrons. The Morgan fingerprint density at radius 2 is 0.844 bits per heavy atom. The molecule has 30 heteroatoms. The molecule has 26 nitrogen and oxygen atoms in total. The zero-order valence-corrected chi connectivity index (χ0v) is 37.4. The molecule has 0 aliphatic heterocycles. The minimum Gasteiger partial charge on any atom is -0.396 e. The largest absolute Gasteiger partial charge is 0.396 e. The Morgan fingerprint density at radius 1 is 0.516 bits per heavy atom. The van der Waals surface area contributed by atoms with Gasteiger partial charge in [-0.3, -0.25) is 18.2 Å². The average molecular weight is 977 g/mol. The number of hydrogen-bond acceptors (Lipinski definition) is 22. The maximum atomic E-state index is 12.6. The Kier molecular flexibility index (Phi) is 18.0. The van der Waals surface area contributed by atoms with Crippen molar-refractivity contribution in [3.05, 3.63) is 47.5 Å². The van der Waals surface area contributed by atoms with Gasteiger partial charge in [0.25, 0.3) is 40.5 Å². The number of aromatic nitrogens is 6. The van der Waals surface area contributed by atoms with Gasteiger partial charge >= 0.3 is 0 Å². The molecule has 2 aromatic heterocycles. The van der Waals surface area contributed by atoms with Crippen molar-refractivity contribution in [1.82, 2.24) is 29.9 Å². The number of nitrogens with zero attached hydrogens (tertiary/aromatic N) is 6. The van der Waals surface area contributed by atoms with Gasteiger partial charge in [0.05, 0.1) is 11.5 Å². The summed E-state index contributed by atoms with van der Waals surface area (Å²) in [6.45, 7) is 3.31. The summed E-state index contributed by atoms with van der Waals surface area (Å²) in [4.78, 5) is 23.8. The van der Waals surface area contributed by atoms with E-state index in [2.05, 4.69) is 61.8 Å². The lowest BCUT2D eigenvalue weighted by atomic mass is 10.1. The van der Waals surface area contributed by atoms with Crippen LogP contribution in [0.5, 0.6) is 0 Å². The Bertz CT molecular complexity index is 2540. The summed E-state index contributed by atoms with van der Waals surface area (Å²) >= 11 is 0. The summed E-state index contributed by atoms with van der Waals surface area (Å²) < 4.78 is 134. The van der Waals surface area contributed by atoms with Crippen LogP contribution in [-0.2, 0) is 40.5 Å². The van der Waals surface area contributed by atoms with Crippen LogP contribution in [0.15, 0.2) is 46.2 Å². The SMILES string of the molecule is CCC(CO)CNc1nc(NCCS(=O)(=O)O)nc(Nc2ccc(C=Cc3ccc(Nc4nc(NCCS(=O)(=O)O)nc(NCC(CC)CO)n4)cc3S(=O)(=O)O)c(S(=O)(=O)O)c2)n1. The second-order valence-electron chi connectivity index (χ2n) is 13.8. The van der Waals surface area contributed by atoms with Crippen LogP contribution in [0.3, 0.4) is 0 Å². The molecule has 4 rings (SSSR count). The molecule has 4 aromatic rings. The van der Waals surface area contributed by atoms with E-state index >= 15 is 0 Å². The number of aliphatic hydroxyl groups is 2. The van der Waals surface area contributed by atoms with Gasteiger partial charge in [-0.15, -0.1) is 0 Å². The number of aliphatic hydroxyl groups excluding tert-OH is 2. The van der Waals surface area contributed by atoms with E-state index < -0.39 is 61.8 Å². The predicted molar refractivity (Wildman–Crippen MR) is 236 cm³/mol. The lowest BCUT2D eigenvalue weighted by Gasteiger charge is -2.15. The number of anilines is 8. The quantitative estimate of drug-likeness (QED) is 0.0314. The summed E-state index contributed by atoms with van der Waals surface area (Å²) in [7, 11) is -18.6. The normalized spacial score (nSPS) is 13.3. The minimum atomic E-state index is -4.97.